The summed E-state index contributed by atoms with van der Waals surface area (Å²) in [4.78, 5) is 26.2. The van der Waals surface area contributed by atoms with E-state index in [9.17, 15) is 9.59 Å². The van der Waals surface area contributed by atoms with Gasteiger partial charge in [-0.1, -0.05) is 38.3 Å². The van der Waals surface area contributed by atoms with Crippen molar-refractivity contribution in [3.05, 3.63) is 27.7 Å². The van der Waals surface area contributed by atoms with E-state index in [1.54, 1.807) is 11.0 Å². The molecule has 1 aromatic carbocycles. The third-order valence-corrected chi connectivity index (χ3v) is 6.06. The molecule has 0 aromatic heterocycles. The van der Waals surface area contributed by atoms with Gasteiger partial charge in [0.25, 0.3) is 11.7 Å². The van der Waals surface area contributed by atoms with Crippen LogP contribution < -0.4 is 4.90 Å². The second-order valence-corrected chi connectivity index (χ2v) is 7.30. The monoisotopic (exact) mass is 399 g/mol. The average molecular weight is 401 g/mol. The van der Waals surface area contributed by atoms with Crippen molar-refractivity contribution in [3.63, 3.8) is 0 Å². The molecule has 0 unspecified atom stereocenters. The van der Waals surface area contributed by atoms with Crippen LogP contribution in [0.5, 0.6) is 0 Å². The van der Waals surface area contributed by atoms with Crippen LogP contribution in [-0.4, -0.2) is 23.6 Å². The lowest BCUT2D eigenvalue weighted by Gasteiger charge is -2.43. The molecule has 0 bridgehead atoms. The number of aryl methyl sites for hydroxylation is 1. The summed E-state index contributed by atoms with van der Waals surface area (Å²) < 4.78 is 0.843. The molecular formula is C15H15Br2NO2. The zero-order chi connectivity index (χ0) is 14.5. The highest BCUT2D eigenvalue weighted by Crippen LogP contribution is 2.45. The predicted octanol–water partition coefficient (Wildman–Crippen LogP) is 3.85. The summed E-state index contributed by atoms with van der Waals surface area (Å²) in [5.74, 6) is -0.762. The molecular weight excluding hydrogens is 386 g/mol. The number of hydrogen-bond acceptors (Lipinski definition) is 2. The molecule has 1 saturated carbocycles. The van der Waals surface area contributed by atoms with Crippen molar-refractivity contribution in [2.75, 3.05) is 16.8 Å². The van der Waals surface area contributed by atoms with Crippen molar-refractivity contribution in [2.45, 2.75) is 26.2 Å². The Balaban J connectivity index is 2.02. The summed E-state index contributed by atoms with van der Waals surface area (Å²) in [5.41, 5.74) is 2.44. The number of carbonyl (C=O) groups is 2. The number of amides is 1. The highest BCUT2D eigenvalue weighted by atomic mass is 79.9. The lowest BCUT2D eigenvalue weighted by molar-refractivity contribution is -0.114. The summed E-state index contributed by atoms with van der Waals surface area (Å²) in [6.07, 6.45) is 3.43. The van der Waals surface area contributed by atoms with Crippen LogP contribution in [0, 0.1) is 12.3 Å². The number of halogens is 2. The first-order valence-electron chi connectivity index (χ1n) is 6.70. The Kier molecular flexibility index (Phi) is 3.53. The van der Waals surface area contributed by atoms with Gasteiger partial charge in [-0.3, -0.25) is 9.59 Å². The average Bonchev–Trinajstić information content (AvgIpc) is 2.59. The zero-order valence-corrected chi connectivity index (χ0v) is 14.4. The van der Waals surface area contributed by atoms with Gasteiger partial charge in [0.05, 0.1) is 11.3 Å². The molecule has 0 saturated heterocycles. The van der Waals surface area contributed by atoms with Gasteiger partial charge in [-0.2, -0.15) is 0 Å². The van der Waals surface area contributed by atoms with Gasteiger partial charge >= 0.3 is 0 Å². The van der Waals surface area contributed by atoms with Crippen molar-refractivity contribution >= 4 is 49.2 Å². The number of rotatable bonds is 3. The lowest BCUT2D eigenvalue weighted by Crippen LogP contribution is -2.45. The van der Waals surface area contributed by atoms with E-state index in [1.807, 2.05) is 13.0 Å². The summed E-state index contributed by atoms with van der Waals surface area (Å²) in [6, 6.07) is 3.71. The third kappa shape index (κ3) is 2.06. The molecule has 1 aliphatic carbocycles. The zero-order valence-electron chi connectivity index (χ0n) is 11.2. The van der Waals surface area contributed by atoms with Crippen molar-refractivity contribution in [2.24, 2.45) is 5.41 Å². The standard InChI is InChI=1S/C15H15Br2NO2/c1-9-5-10(17)6-11-12(9)18(14(20)13(11)19)8-15(7-16)3-2-4-15/h5-6H,2-4,7-8H2,1H3. The number of anilines is 1. The van der Waals surface area contributed by atoms with Gasteiger partial charge in [0.2, 0.25) is 0 Å². The Morgan fingerprint density at radius 3 is 2.55 bits per heavy atom. The number of Topliss-reactive ketones (excluding diaryl/α,β-unsaturated/α-hetero) is 1. The Morgan fingerprint density at radius 2 is 2.00 bits per heavy atom. The number of carbonyl (C=O) groups excluding carboxylic acids is 2. The summed E-state index contributed by atoms with van der Waals surface area (Å²) in [6.45, 7) is 2.59. The number of alkyl halides is 1. The fraction of sp³-hybridized carbons (Fsp3) is 0.467. The second-order valence-electron chi connectivity index (χ2n) is 5.83. The van der Waals surface area contributed by atoms with Gasteiger partial charge in [0, 0.05) is 16.3 Å². The molecule has 2 aliphatic rings. The van der Waals surface area contributed by atoms with E-state index in [-0.39, 0.29) is 17.1 Å². The van der Waals surface area contributed by atoms with Gasteiger partial charge in [0.1, 0.15) is 0 Å². The van der Waals surface area contributed by atoms with E-state index in [0.29, 0.717) is 12.1 Å². The van der Waals surface area contributed by atoms with Crippen LogP contribution >= 0.6 is 31.9 Å². The number of fused-ring (bicyclic) bond motifs is 1. The molecule has 106 valence electrons. The Bertz CT molecular complexity index is 603. The topological polar surface area (TPSA) is 37.4 Å². The number of ketones is 1. The fourth-order valence-corrected chi connectivity index (χ4v) is 4.41. The Morgan fingerprint density at radius 1 is 1.30 bits per heavy atom. The van der Waals surface area contributed by atoms with Crippen LogP contribution in [0.25, 0.3) is 0 Å². The van der Waals surface area contributed by atoms with E-state index in [4.69, 9.17) is 0 Å². The van der Waals surface area contributed by atoms with Crippen LogP contribution in [0.2, 0.25) is 0 Å². The maximum Gasteiger partial charge on any atom is 0.299 e. The third-order valence-electron chi connectivity index (χ3n) is 4.41. The smallest absolute Gasteiger partial charge is 0.299 e. The molecule has 1 heterocycles. The van der Waals surface area contributed by atoms with Crippen LogP contribution in [0.4, 0.5) is 5.69 Å². The number of hydrogen-bond donors (Lipinski definition) is 0. The highest BCUT2D eigenvalue weighted by molar-refractivity contribution is 9.10. The molecule has 1 aromatic rings. The summed E-state index contributed by atoms with van der Waals surface area (Å²) >= 11 is 6.96. The quantitative estimate of drug-likeness (QED) is 0.570. The SMILES string of the molecule is Cc1cc(Br)cc2c1N(CC1(CBr)CCC1)C(=O)C2=O. The molecule has 1 fully saturated rings. The molecule has 0 radical (unpaired) electrons. The minimum atomic E-state index is -0.381. The van der Waals surface area contributed by atoms with Crippen molar-refractivity contribution in [1.29, 1.82) is 0 Å². The van der Waals surface area contributed by atoms with E-state index in [1.165, 1.54) is 6.42 Å². The van der Waals surface area contributed by atoms with Crippen LogP contribution in [0.3, 0.4) is 0 Å². The number of nitrogens with zero attached hydrogens (tertiary/aromatic N) is 1. The molecule has 20 heavy (non-hydrogen) atoms. The van der Waals surface area contributed by atoms with Gasteiger partial charge < -0.3 is 4.90 Å². The van der Waals surface area contributed by atoms with Crippen molar-refractivity contribution in [1.82, 2.24) is 0 Å². The van der Waals surface area contributed by atoms with E-state index < -0.39 is 0 Å². The largest absolute Gasteiger partial charge is 0.304 e. The normalized spacial score (nSPS) is 20.1. The first kappa shape index (κ1) is 14.3. The highest BCUT2D eigenvalue weighted by Gasteiger charge is 2.44. The molecule has 5 heteroatoms. The Labute approximate surface area is 135 Å². The van der Waals surface area contributed by atoms with Crippen molar-refractivity contribution in [3.8, 4) is 0 Å². The summed E-state index contributed by atoms with van der Waals surface area (Å²) in [5, 5.41) is 0.878. The predicted molar refractivity (Wildman–Crippen MR) is 85.6 cm³/mol. The molecule has 1 aliphatic heterocycles. The molecule has 1 amide bonds. The van der Waals surface area contributed by atoms with Gasteiger partial charge in [0.15, 0.2) is 0 Å². The van der Waals surface area contributed by atoms with Crippen LogP contribution in [-0.2, 0) is 4.79 Å². The second kappa shape index (κ2) is 4.95. The van der Waals surface area contributed by atoms with Gasteiger partial charge in [-0.05, 0) is 42.9 Å². The molecule has 0 N–H and O–H groups in total. The first-order chi connectivity index (χ1) is 9.47. The first-order valence-corrected chi connectivity index (χ1v) is 8.61. The van der Waals surface area contributed by atoms with Crippen molar-refractivity contribution < 1.29 is 9.59 Å². The van der Waals surface area contributed by atoms with Gasteiger partial charge in [-0.25, -0.2) is 0 Å². The van der Waals surface area contributed by atoms with E-state index in [0.717, 1.165) is 33.9 Å². The van der Waals surface area contributed by atoms with Gasteiger partial charge in [-0.15, -0.1) is 0 Å². The Hall–Kier alpha value is -0.680. The fourth-order valence-electron chi connectivity index (χ4n) is 3.10. The maximum atomic E-state index is 12.3. The molecule has 3 rings (SSSR count). The van der Waals surface area contributed by atoms with E-state index in [2.05, 4.69) is 31.9 Å². The molecule has 0 atom stereocenters. The lowest BCUT2D eigenvalue weighted by atomic mass is 9.70. The van der Waals surface area contributed by atoms with Crippen LogP contribution in [0.15, 0.2) is 16.6 Å². The maximum absolute atomic E-state index is 12.3. The van der Waals surface area contributed by atoms with Crippen LogP contribution in [0.1, 0.15) is 35.2 Å². The minimum absolute atomic E-state index is 0.136. The number of benzene rings is 1. The summed E-state index contributed by atoms with van der Waals surface area (Å²) in [7, 11) is 0. The molecule has 3 nitrogen and oxygen atoms in total. The molecule has 0 spiro atoms. The van der Waals surface area contributed by atoms with E-state index >= 15 is 0 Å². The minimum Gasteiger partial charge on any atom is -0.304 e.